The number of carbonyl (C=O) groups excluding carboxylic acids is 1. The maximum Gasteiger partial charge on any atom is 0.289 e. The maximum atomic E-state index is 12.6. The van der Waals surface area contributed by atoms with E-state index in [0.29, 0.717) is 5.76 Å². The van der Waals surface area contributed by atoms with Crippen molar-refractivity contribution in [3.8, 4) is 0 Å². The van der Waals surface area contributed by atoms with Crippen LogP contribution in [0, 0.1) is 6.92 Å². The molecule has 1 amide bonds. The van der Waals surface area contributed by atoms with Crippen molar-refractivity contribution in [3.05, 3.63) is 23.2 Å². The summed E-state index contributed by atoms with van der Waals surface area (Å²) >= 11 is 0. The molecule has 3 rings (SSSR count). The third kappa shape index (κ3) is 3.94. The van der Waals surface area contributed by atoms with Gasteiger partial charge in [0, 0.05) is 57.4 Å². The Hall–Kier alpha value is -1.37. The molecule has 3 heterocycles. The number of likely N-dealkylation sites (N-methyl/N-ethyl adjacent to an activating group) is 1. The highest BCUT2D eigenvalue weighted by Gasteiger charge is 2.25. The zero-order valence-electron chi connectivity index (χ0n) is 14.3. The predicted molar refractivity (Wildman–Crippen MR) is 89.3 cm³/mol. The number of hydrogen-bond acceptors (Lipinski definition) is 5. The van der Waals surface area contributed by atoms with Crippen LogP contribution in [-0.2, 0) is 6.54 Å². The van der Waals surface area contributed by atoms with Crippen LogP contribution in [0.25, 0.3) is 0 Å². The van der Waals surface area contributed by atoms with Gasteiger partial charge in [-0.1, -0.05) is 0 Å². The maximum absolute atomic E-state index is 12.6. The largest absolute Gasteiger partial charge is 0.456 e. The lowest BCUT2D eigenvalue weighted by Gasteiger charge is -2.32. The molecule has 0 spiro atoms. The number of carbonyl (C=O) groups is 1. The van der Waals surface area contributed by atoms with Crippen LogP contribution in [0.15, 0.2) is 10.5 Å². The van der Waals surface area contributed by atoms with Crippen molar-refractivity contribution in [1.82, 2.24) is 14.7 Å². The van der Waals surface area contributed by atoms with Crippen LogP contribution >= 0.6 is 0 Å². The highest BCUT2D eigenvalue weighted by Crippen LogP contribution is 2.20. The number of amides is 1. The van der Waals surface area contributed by atoms with Gasteiger partial charge in [0.2, 0.25) is 0 Å². The lowest BCUT2D eigenvalue weighted by Crippen LogP contribution is -2.43. The summed E-state index contributed by atoms with van der Waals surface area (Å²) in [5.41, 5.74) is 7.04. The first-order chi connectivity index (χ1) is 11.0. The second-order valence-electron chi connectivity index (χ2n) is 6.90. The van der Waals surface area contributed by atoms with Crippen LogP contribution in [0.3, 0.4) is 0 Å². The lowest BCUT2D eigenvalue weighted by molar-refractivity contribution is 0.0681. The molecule has 1 aromatic rings. The molecular weight excluding hydrogens is 292 g/mol. The van der Waals surface area contributed by atoms with Crippen molar-refractivity contribution in [1.29, 1.82) is 0 Å². The van der Waals surface area contributed by atoms with E-state index < -0.39 is 0 Å². The van der Waals surface area contributed by atoms with Crippen LogP contribution in [0.1, 0.15) is 34.7 Å². The van der Waals surface area contributed by atoms with E-state index >= 15 is 0 Å². The molecule has 2 fully saturated rings. The highest BCUT2D eigenvalue weighted by molar-refractivity contribution is 5.91. The Bertz CT molecular complexity index is 541. The second kappa shape index (κ2) is 7.03. The molecule has 0 saturated carbocycles. The van der Waals surface area contributed by atoms with Gasteiger partial charge < -0.3 is 20.0 Å². The summed E-state index contributed by atoms with van der Waals surface area (Å²) in [4.78, 5) is 19.2. The van der Waals surface area contributed by atoms with E-state index in [9.17, 15) is 4.79 Å². The standard InChI is InChI=1S/C17H28N4O2/c1-13-14(12-20-9-7-19(2)8-10-20)11-16(23-13)17(22)21-5-3-15(18)4-6-21/h11,15H,3-10,12,18H2,1-2H3. The zero-order valence-corrected chi connectivity index (χ0v) is 14.3. The summed E-state index contributed by atoms with van der Waals surface area (Å²) in [6, 6.07) is 2.16. The molecule has 128 valence electrons. The summed E-state index contributed by atoms with van der Waals surface area (Å²) in [6.07, 6.45) is 1.75. The number of furan rings is 1. The van der Waals surface area contributed by atoms with Gasteiger partial charge in [-0.25, -0.2) is 0 Å². The van der Waals surface area contributed by atoms with Crippen molar-refractivity contribution in [2.24, 2.45) is 5.73 Å². The molecule has 2 aliphatic heterocycles. The molecule has 0 unspecified atom stereocenters. The third-order valence-corrected chi connectivity index (χ3v) is 5.05. The van der Waals surface area contributed by atoms with Gasteiger partial charge in [0.25, 0.3) is 5.91 Å². The van der Waals surface area contributed by atoms with Crippen LogP contribution < -0.4 is 5.73 Å². The SMILES string of the molecule is Cc1oc(C(=O)N2CCC(N)CC2)cc1CN1CCN(C)CC1. The topological polar surface area (TPSA) is 66.0 Å². The summed E-state index contributed by atoms with van der Waals surface area (Å²) in [5, 5.41) is 0. The lowest BCUT2D eigenvalue weighted by atomic mass is 10.1. The van der Waals surface area contributed by atoms with Crippen molar-refractivity contribution < 1.29 is 9.21 Å². The van der Waals surface area contributed by atoms with Crippen LogP contribution in [-0.4, -0.2) is 73.0 Å². The summed E-state index contributed by atoms with van der Waals surface area (Å²) in [6.45, 7) is 8.59. The number of aryl methyl sites for hydroxylation is 1. The fraction of sp³-hybridized carbons (Fsp3) is 0.706. The Morgan fingerprint density at radius 1 is 1.22 bits per heavy atom. The van der Waals surface area contributed by atoms with Gasteiger partial charge >= 0.3 is 0 Å². The number of likely N-dealkylation sites (tertiary alicyclic amines) is 1. The Balaban J connectivity index is 1.62. The number of piperidine rings is 1. The Kier molecular flexibility index (Phi) is 5.04. The molecule has 6 nitrogen and oxygen atoms in total. The molecule has 2 N–H and O–H groups in total. The number of piperazine rings is 1. The van der Waals surface area contributed by atoms with E-state index in [1.807, 2.05) is 17.9 Å². The first kappa shape index (κ1) is 16.5. The smallest absolute Gasteiger partial charge is 0.289 e. The fourth-order valence-corrected chi connectivity index (χ4v) is 3.29. The van der Waals surface area contributed by atoms with Crippen LogP contribution in [0.4, 0.5) is 0 Å². The molecular formula is C17H28N4O2. The van der Waals surface area contributed by atoms with E-state index in [2.05, 4.69) is 16.8 Å². The third-order valence-electron chi connectivity index (χ3n) is 5.05. The van der Waals surface area contributed by atoms with E-state index in [1.165, 1.54) is 0 Å². The van der Waals surface area contributed by atoms with Gasteiger partial charge in [-0.3, -0.25) is 9.69 Å². The quantitative estimate of drug-likeness (QED) is 0.896. The summed E-state index contributed by atoms with van der Waals surface area (Å²) < 4.78 is 5.76. The first-order valence-electron chi connectivity index (χ1n) is 8.58. The Morgan fingerprint density at radius 2 is 1.87 bits per heavy atom. The van der Waals surface area contributed by atoms with Gasteiger partial charge in [0.15, 0.2) is 5.76 Å². The first-order valence-corrected chi connectivity index (χ1v) is 8.58. The highest BCUT2D eigenvalue weighted by atomic mass is 16.4. The number of rotatable bonds is 3. The molecule has 1 aromatic heterocycles. The minimum Gasteiger partial charge on any atom is -0.456 e. The molecule has 0 atom stereocenters. The number of nitrogens with two attached hydrogens (primary N) is 1. The average Bonchev–Trinajstić information content (AvgIpc) is 2.91. The van der Waals surface area contributed by atoms with Crippen molar-refractivity contribution in [2.75, 3.05) is 46.3 Å². The molecule has 2 saturated heterocycles. The van der Waals surface area contributed by atoms with Crippen LogP contribution in [0.2, 0.25) is 0 Å². The number of nitrogens with zero attached hydrogens (tertiary/aromatic N) is 3. The van der Waals surface area contributed by atoms with E-state index in [0.717, 1.165) is 70.0 Å². The van der Waals surface area contributed by atoms with E-state index in [1.54, 1.807) is 0 Å². The van der Waals surface area contributed by atoms with Crippen molar-refractivity contribution in [3.63, 3.8) is 0 Å². The molecule has 6 heteroatoms. The van der Waals surface area contributed by atoms with Gasteiger partial charge in [-0.2, -0.15) is 0 Å². The summed E-state index contributed by atoms with van der Waals surface area (Å²) in [5.74, 6) is 1.34. The van der Waals surface area contributed by atoms with Gasteiger partial charge in [-0.05, 0) is 32.9 Å². The molecule has 0 radical (unpaired) electrons. The van der Waals surface area contributed by atoms with Gasteiger partial charge in [0.1, 0.15) is 5.76 Å². The number of hydrogen-bond donors (Lipinski definition) is 1. The van der Waals surface area contributed by atoms with Gasteiger partial charge in [-0.15, -0.1) is 0 Å². The molecule has 0 bridgehead atoms. The molecule has 0 aromatic carbocycles. The molecule has 0 aliphatic carbocycles. The second-order valence-corrected chi connectivity index (χ2v) is 6.90. The Morgan fingerprint density at radius 3 is 2.52 bits per heavy atom. The van der Waals surface area contributed by atoms with E-state index in [-0.39, 0.29) is 11.9 Å². The molecule has 2 aliphatic rings. The van der Waals surface area contributed by atoms with Gasteiger partial charge in [0.05, 0.1) is 0 Å². The van der Waals surface area contributed by atoms with Crippen molar-refractivity contribution in [2.45, 2.75) is 32.4 Å². The Labute approximate surface area is 138 Å². The predicted octanol–water partition coefficient (Wildman–Crippen LogP) is 0.899. The fourth-order valence-electron chi connectivity index (χ4n) is 3.29. The minimum absolute atomic E-state index is 0.00428. The normalized spacial score (nSPS) is 21.8. The monoisotopic (exact) mass is 320 g/mol. The van der Waals surface area contributed by atoms with Crippen LogP contribution in [0.5, 0.6) is 0 Å². The van der Waals surface area contributed by atoms with E-state index in [4.69, 9.17) is 10.2 Å². The van der Waals surface area contributed by atoms with Crippen molar-refractivity contribution >= 4 is 5.91 Å². The average molecular weight is 320 g/mol. The molecule has 23 heavy (non-hydrogen) atoms. The zero-order chi connectivity index (χ0) is 16.4. The minimum atomic E-state index is 0.00428. The summed E-state index contributed by atoms with van der Waals surface area (Å²) in [7, 11) is 2.15.